The molecule has 2 atom stereocenters. The number of carbonyl (C=O) groups is 2. The van der Waals surface area contributed by atoms with E-state index in [0.717, 1.165) is 12.8 Å². The van der Waals surface area contributed by atoms with Crippen molar-refractivity contribution in [3.63, 3.8) is 0 Å². The minimum Gasteiger partial charge on any atom is -0.461 e. The van der Waals surface area contributed by atoms with E-state index in [1.54, 1.807) is 20.8 Å². The fourth-order valence-electron chi connectivity index (χ4n) is 1.67. The molecule has 1 amide bonds. The first-order valence-electron chi connectivity index (χ1n) is 7.26. The molecule has 0 aromatic heterocycles. The number of hydrogen-bond donors (Lipinski definition) is 1. The summed E-state index contributed by atoms with van der Waals surface area (Å²) in [7, 11) is 0. The lowest BCUT2D eigenvalue weighted by Gasteiger charge is -2.25. The van der Waals surface area contributed by atoms with Crippen LogP contribution in [0.5, 0.6) is 0 Å². The minimum atomic E-state index is -0.691. The summed E-state index contributed by atoms with van der Waals surface area (Å²) >= 11 is 0. The van der Waals surface area contributed by atoms with E-state index in [4.69, 9.17) is 9.47 Å². The van der Waals surface area contributed by atoms with Crippen LogP contribution in [0.25, 0.3) is 0 Å². The maximum Gasteiger partial charge on any atom is 0.408 e. The van der Waals surface area contributed by atoms with Gasteiger partial charge in [0.1, 0.15) is 11.6 Å². The Kier molecular flexibility index (Phi) is 7.61. The van der Waals surface area contributed by atoms with Gasteiger partial charge < -0.3 is 14.8 Å². The van der Waals surface area contributed by atoms with Crippen LogP contribution in [0.15, 0.2) is 0 Å². The van der Waals surface area contributed by atoms with Gasteiger partial charge in [-0.15, -0.1) is 0 Å². The second-order valence-corrected chi connectivity index (χ2v) is 6.40. The highest BCUT2D eigenvalue weighted by Crippen LogP contribution is 2.11. The van der Waals surface area contributed by atoms with Gasteiger partial charge in [-0.05, 0) is 40.0 Å². The molecule has 2 unspecified atom stereocenters. The van der Waals surface area contributed by atoms with Gasteiger partial charge in [0.15, 0.2) is 0 Å². The molecule has 0 fully saturated rings. The average Bonchev–Trinajstić information content (AvgIpc) is 2.22. The van der Waals surface area contributed by atoms with Crippen molar-refractivity contribution in [3.8, 4) is 0 Å². The van der Waals surface area contributed by atoms with Gasteiger partial charge in [0.2, 0.25) is 0 Å². The van der Waals surface area contributed by atoms with Crippen LogP contribution in [0.2, 0.25) is 0 Å². The molecule has 20 heavy (non-hydrogen) atoms. The third-order valence-corrected chi connectivity index (χ3v) is 2.61. The zero-order chi connectivity index (χ0) is 15.9. The van der Waals surface area contributed by atoms with Gasteiger partial charge >= 0.3 is 12.1 Å². The van der Waals surface area contributed by atoms with Gasteiger partial charge in [-0.25, -0.2) is 9.59 Å². The average molecular weight is 287 g/mol. The lowest BCUT2D eigenvalue weighted by atomic mass is 10.0. The predicted molar refractivity (Wildman–Crippen MR) is 78.5 cm³/mol. The molecule has 5 heteroatoms. The van der Waals surface area contributed by atoms with Gasteiger partial charge in [0.05, 0.1) is 6.10 Å². The van der Waals surface area contributed by atoms with E-state index in [0.29, 0.717) is 0 Å². The molecule has 118 valence electrons. The van der Waals surface area contributed by atoms with E-state index >= 15 is 0 Å². The third-order valence-electron chi connectivity index (χ3n) is 2.61. The summed E-state index contributed by atoms with van der Waals surface area (Å²) in [6.07, 6.45) is 1.01. The summed E-state index contributed by atoms with van der Waals surface area (Å²) in [5.41, 5.74) is -0.592. The maximum atomic E-state index is 12.1. The Balaban J connectivity index is 4.57. The second-order valence-electron chi connectivity index (χ2n) is 6.40. The molecule has 0 saturated heterocycles. The van der Waals surface area contributed by atoms with Crippen molar-refractivity contribution in [2.75, 3.05) is 0 Å². The third kappa shape index (κ3) is 8.02. The van der Waals surface area contributed by atoms with E-state index in [1.165, 1.54) is 0 Å². The predicted octanol–water partition coefficient (Wildman–Crippen LogP) is 3.27. The van der Waals surface area contributed by atoms with Crippen molar-refractivity contribution in [2.24, 2.45) is 5.92 Å². The molecular weight excluding hydrogens is 258 g/mol. The SMILES string of the molecule is CCCC(C)OC(=O)C(NC(=O)OC(C)(C)C)C(C)C. The monoisotopic (exact) mass is 287 g/mol. The summed E-state index contributed by atoms with van der Waals surface area (Å²) < 4.78 is 10.5. The highest BCUT2D eigenvalue weighted by atomic mass is 16.6. The molecule has 5 nitrogen and oxygen atoms in total. The Hall–Kier alpha value is -1.26. The molecule has 0 aromatic rings. The highest BCUT2D eigenvalue weighted by molar-refractivity contribution is 5.81. The molecule has 0 heterocycles. The van der Waals surface area contributed by atoms with Crippen LogP contribution >= 0.6 is 0 Å². The number of hydrogen-bond acceptors (Lipinski definition) is 4. The van der Waals surface area contributed by atoms with Gasteiger partial charge in [-0.3, -0.25) is 0 Å². The molecule has 1 N–H and O–H groups in total. The maximum absolute atomic E-state index is 12.1. The molecular formula is C15H29NO4. The molecule has 0 bridgehead atoms. The van der Waals surface area contributed by atoms with Crippen LogP contribution in [0.4, 0.5) is 4.79 Å². The summed E-state index contributed by atoms with van der Waals surface area (Å²) in [6, 6.07) is -0.691. The van der Waals surface area contributed by atoms with Crippen molar-refractivity contribution >= 4 is 12.1 Å². The number of nitrogens with one attached hydrogen (secondary N) is 1. The molecule has 0 aliphatic carbocycles. The lowest BCUT2D eigenvalue weighted by Crippen LogP contribution is -2.47. The number of esters is 1. The summed E-state index contributed by atoms with van der Waals surface area (Å²) in [5.74, 6) is -0.476. The van der Waals surface area contributed by atoms with Gasteiger partial charge in [0, 0.05) is 0 Å². The van der Waals surface area contributed by atoms with Crippen LogP contribution in [0.3, 0.4) is 0 Å². The fraction of sp³-hybridized carbons (Fsp3) is 0.867. The zero-order valence-corrected chi connectivity index (χ0v) is 13.8. The molecule has 0 spiro atoms. The van der Waals surface area contributed by atoms with Crippen molar-refractivity contribution in [1.29, 1.82) is 0 Å². The van der Waals surface area contributed by atoms with Crippen LogP contribution in [0, 0.1) is 5.92 Å². The van der Waals surface area contributed by atoms with Crippen LogP contribution in [0.1, 0.15) is 61.3 Å². The minimum absolute atomic E-state index is 0.0659. The van der Waals surface area contributed by atoms with Crippen molar-refractivity contribution in [3.05, 3.63) is 0 Å². The molecule has 0 aliphatic heterocycles. The summed E-state index contributed by atoms with van der Waals surface area (Å²) in [6.45, 7) is 12.9. The van der Waals surface area contributed by atoms with Crippen LogP contribution in [-0.2, 0) is 14.3 Å². The summed E-state index contributed by atoms with van der Waals surface area (Å²) in [4.78, 5) is 23.8. The number of alkyl carbamates (subject to hydrolysis) is 1. The topological polar surface area (TPSA) is 64.6 Å². The standard InChI is InChI=1S/C15H29NO4/c1-8-9-11(4)19-13(17)12(10(2)3)16-14(18)20-15(5,6)7/h10-12H,8-9H2,1-7H3,(H,16,18). The highest BCUT2D eigenvalue weighted by Gasteiger charge is 2.29. The zero-order valence-electron chi connectivity index (χ0n) is 13.8. The number of ether oxygens (including phenoxy) is 2. The second kappa shape index (κ2) is 8.12. The number of carbonyl (C=O) groups excluding carboxylic acids is 2. The first kappa shape index (κ1) is 18.7. The normalized spacial score (nSPS) is 14.6. The number of amides is 1. The molecule has 0 saturated carbocycles. The Morgan fingerprint density at radius 1 is 1.15 bits per heavy atom. The Morgan fingerprint density at radius 3 is 2.10 bits per heavy atom. The quantitative estimate of drug-likeness (QED) is 0.761. The van der Waals surface area contributed by atoms with E-state index in [9.17, 15) is 9.59 Å². The van der Waals surface area contributed by atoms with E-state index in [-0.39, 0.29) is 12.0 Å². The fourth-order valence-corrected chi connectivity index (χ4v) is 1.67. The van der Waals surface area contributed by atoms with Crippen LogP contribution < -0.4 is 5.32 Å². The van der Waals surface area contributed by atoms with E-state index in [2.05, 4.69) is 5.32 Å². The van der Waals surface area contributed by atoms with Crippen molar-refractivity contribution in [2.45, 2.75) is 79.1 Å². The number of rotatable bonds is 6. The van der Waals surface area contributed by atoms with Gasteiger partial charge in [0.25, 0.3) is 0 Å². The largest absolute Gasteiger partial charge is 0.461 e. The van der Waals surface area contributed by atoms with Gasteiger partial charge in [-0.1, -0.05) is 27.2 Å². The first-order valence-corrected chi connectivity index (χ1v) is 7.26. The van der Waals surface area contributed by atoms with Gasteiger partial charge in [-0.2, -0.15) is 0 Å². The van der Waals surface area contributed by atoms with Crippen molar-refractivity contribution < 1.29 is 19.1 Å². The Labute approximate surface area is 122 Å². The van der Waals surface area contributed by atoms with Crippen LogP contribution in [-0.4, -0.2) is 29.8 Å². The lowest BCUT2D eigenvalue weighted by molar-refractivity contribution is -0.152. The smallest absolute Gasteiger partial charge is 0.408 e. The Morgan fingerprint density at radius 2 is 1.70 bits per heavy atom. The summed E-state index contributed by atoms with van der Waals surface area (Å²) in [5, 5.41) is 2.58. The Bertz CT molecular complexity index is 320. The molecule has 0 aliphatic rings. The van der Waals surface area contributed by atoms with Crippen molar-refractivity contribution in [1.82, 2.24) is 5.32 Å². The molecule has 0 rings (SSSR count). The molecule has 0 aromatic carbocycles. The first-order chi connectivity index (χ1) is 9.06. The van der Waals surface area contributed by atoms with E-state index in [1.807, 2.05) is 27.7 Å². The van der Waals surface area contributed by atoms with E-state index < -0.39 is 23.7 Å². The molecule has 0 radical (unpaired) electrons.